The lowest BCUT2D eigenvalue weighted by Crippen LogP contribution is -2.41. The second-order valence-electron chi connectivity index (χ2n) is 8.08. The number of benzene rings is 1. The number of carbonyl (C=O) groups is 1. The topological polar surface area (TPSA) is 125 Å². The van der Waals surface area contributed by atoms with E-state index in [9.17, 15) is 19.4 Å². The molecule has 0 aliphatic heterocycles. The quantitative estimate of drug-likeness (QED) is 0.439. The molecule has 0 radical (unpaired) electrons. The molecule has 0 saturated heterocycles. The van der Waals surface area contributed by atoms with Gasteiger partial charge in [0.1, 0.15) is 11.9 Å². The first-order valence-electron chi connectivity index (χ1n) is 10.2. The van der Waals surface area contributed by atoms with Crippen molar-refractivity contribution in [1.82, 2.24) is 24.8 Å². The Balaban J connectivity index is 1.57. The smallest absolute Gasteiger partial charge is 0.229 e. The third kappa shape index (κ3) is 2.86. The average Bonchev–Trinajstić information content (AvgIpc) is 3.34. The Kier molecular flexibility index (Phi) is 4.62. The zero-order valence-electron chi connectivity index (χ0n) is 17.4. The first-order chi connectivity index (χ1) is 15.4. The van der Waals surface area contributed by atoms with Crippen molar-refractivity contribution >= 4 is 22.9 Å². The predicted molar refractivity (Wildman–Crippen MR) is 113 cm³/mol. The molecule has 5 atom stereocenters. The largest absolute Gasteiger partial charge is 0.389 e. The molecule has 3 aromatic rings. The van der Waals surface area contributed by atoms with Gasteiger partial charge in [-0.05, 0) is 36.6 Å². The van der Waals surface area contributed by atoms with E-state index in [1.54, 1.807) is 23.7 Å². The lowest BCUT2D eigenvalue weighted by molar-refractivity contribution is -0.132. The van der Waals surface area contributed by atoms with Gasteiger partial charge in [0.05, 0.1) is 23.9 Å². The maximum Gasteiger partial charge on any atom is 0.229 e. The molecule has 1 aromatic carbocycles. The van der Waals surface area contributed by atoms with Gasteiger partial charge in [0.25, 0.3) is 0 Å². The Hall–Kier alpha value is -3.55. The first-order valence-corrected chi connectivity index (χ1v) is 10.2. The van der Waals surface area contributed by atoms with Crippen LogP contribution in [0.3, 0.4) is 0 Å². The molecule has 164 valence electrons. The van der Waals surface area contributed by atoms with E-state index in [1.807, 2.05) is 0 Å². The van der Waals surface area contributed by atoms with Crippen LogP contribution in [-0.2, 0) is 4.79 Å². The van der Waals surface area contributed by atoms with Gasteiger partial charge >= 0.3 is 0 Å². The molecule has 0 spiro atoms. The Morgan fingerprint density at radius 1 is 1.22 bits per heavy atom. The molecule has 2 saturated carbocycles. The van der Waals surface area contributed by atoms with Crippen molar-refractivity contribution in [3.05, 3.63) is 47.8 Å². The monoisotopic (exact) mass is 436 g/mol. The van der Waals surface area contributed by atoms with E-state index in [0.717, 1.165) is 0 Å². The summed E-state index contributed by atoms with van der Waals surface area (Å²) >= 11 is 0. The third-order valence-corrected chi connectivity index (χ3v) is 6.46. The zero-order valence-corrected chi connectivity index (χ0v) is 17.4. The fraction of sp³-hybridized carbons (Fsp3) is 0.364. The number of nitrogens with zero attached hydrogens (tertiary/aromatic N) is 4. The highest BCUT2D eigenvalue weighted by molar-refractivity contribution is 5.88. The summed E-state index contributed by atoms with van der Waals surface area (Å²) in [6, 6.07) is 5.20. The summed E-state index contributed by atoms with van der Waals surface area (Å²) in [5, 5.41) is 27.0. The van der Waals surface area contributed by atoms with Crippen molar-refractivity contribution in [3.63, 3.8) is 0 Å². The second-order valence-corrected chi connectivity index (χ2v) is 8.08. The minimum absolute atomic E-state index is 0.217. The maximum atomic E-state index is 13.1. The molecule has 9 nitrogen and oxygen atoms in total. The summed E-state index contributed by atoms with van der Waals surface area (Å²) in [7, 11) is 3.22. The van der Waals surface area contributed by atoms with Crippen LogP contribution in [0.4, 0.5) is 10.2 Å². The van der Waals surface area contributed by atoms with Crippen LogP contribution in [0.15, 0.2) is 30.6 Å². The molecule has 2 aromatic heterocycles. The lowest BCUT2D eigenvalue weighted by atomic mass is 9.98. The number of hydrogen-bond acceptors (Lipinski definition) is 7. The van der Waals surface area contributed by atoms with Crippen molar-refractivity contribution in [1.29, 1.82) is 0 Å². The van der Waals surface area contributed by atoms with Crippen LogP contribution in [0.25, 0.3) is 11.2 Å². The fourth-order valence-corrected chi connectivity index (χ4v) is 4.81. The van der Waals surface area contributed by atoms with Crippen LogP contribution in [0, 0.1) is 29.0 Å². The number of anilines is 1. The molecule has 2 heterocycles. The predicted octanol–water partition coefficient (Wildman–Crippen LogP) is 0.436. The van der Waals surface area contributed by atoms with E-state index in [-0.39, 0.29) is 23.5 Å². The number of aliphatic hydroxyl groups is 2. The van der Waals surface area contributed by atoms with Crippen LogP contribution in [-0.4, -0.2) is 61.9 Å². The van der Waals surface area contributed by atoms with Crippen molar-refractivity contribution in [2.45, 2.75) is 24.7 Å². The SMILES string of the molecule is CNC(=O)C12CC1[C@@H](n1cnc3c(NC)nc(C#Cc4ccc(F)cc4)nc31)[C@H](O)[C@@H]2O. The van der Waals surface area contributed by atoms with Crippen molar-refractivity contribution in [3.8, 4) is 11.8 Å². The molecule has 5 rings (SSSR count). The van der Waals surface area contributed by atoms with Gasteiger partial charge in [0.2, 0.25) is 11.7 Å². The van der Waals surface area contributed by atoms with Crippen LogP contribution in [0.2, 0.25) is 0 Å². The van der Waals surface area contributed by atoms with Gasteiger partial charge in [-0.25, -0.2) is 19.3 Å². The van der Waals surface area contributed by atoms with Crippen LogP contribution in [0.1, 0.15) is 23.9 Å². The highest BCUT2D eigenvalue weighted by Gasteiger charge is 2.75. The number of aromatic nitrogens is 4. The number of fused-ring (bicyclic) bond motifs is 2. The first kappa shape index (κ1) is 20.4. The molecule has 4 N–H and O–H groups in total. The summed E-state index contributed by atoms with van der Waals surface area (Å²) < 4.78 is 14.8. The van der Waals surface area contributed by atoms with Gasteiger partial charge in [-0.1, -0.05) is 5.92 Å². The van der Waals surface area contributed by atoms with E-state index in [4.69, 9.17) is 0 Å². The van der Waals surface area contributed by atoms with Gasteiger partial charge in [-0.15, -0.1) is 0 Å². The van der Waals surface area contributed by atoms with E-state index >= 15 is 0 Å². The molecular formula is C22H21FN6O3. The molecule has 10 heteroatoms. The molecule has 2 aliphatic rings. The highest BCUT2D eigenvalue weighted by atomic mass is 19.1. The number of imidazole rings is 1. The summed E-state index contributed by atoms with van der Waals surface area (Å²) in [5.74, 6) is 5.59. The van der Waals surface area contributed by atoms with E-state index in [2.05, 4.69) is 37.4 Å². The third-order valence-electron chi connectivity index (χ3n) is 6.46. The number of halogens is 1. The number of aliphatic hydroxyl groups excluding tert-OH is 2. The zero-order chi connectivity index (χ0) is 22.6. The molecule has 1 amide bonds. The number of carbonyl (C=O) groups excluding carboxylic acids is 1. The Labute approximate surface area is 182 Å². The Bertz CT molecular complexity index is 1280. The van der Waals surface area contributed by atoms with Gasteiger partial charge in [0, 0.05) is 25.6 Å². The van der Waals surface area contributed by atoms with Crippen molar-refractivity contribution in [2.24, 2.45) is 11.3 Å². The fourth-order valence-electron chi connectivity index (χ4n) is 4.81. The summed E-state index contributed by atoms with van der Waals surface area (Å²) in [6.07, 6.45) is -0.324. The minimum Gasteiger partial charge on any atom is -0.389 e. The van der Waals surface area contributed by atoms with Gasteiger partial charge in [0.15, 0.2) is 17.0 Å². The van der Waals surface area contributed by atoms with E-state index < -0.39 is 23.7 Å². The lowest BCUT2D eigenvalue weighted by Gasteiger charge is -2.23. The minimum atomic E-state index is -1.18. The molecule has 0 bridgehead atoms. The second kappa shape index (κ2) is 7.25. The summed E-state index contributed by atoms with van der Waals surface area (Å²) in [5.41, 5.74) is 0.528. The van der Waals surface area contributed by atoms with Gasteiger partial charge in [-0.2, -0.15) is 0 Å². The Morgan fingerprint density at radius 2 is 1.97 bits per heavy atom. The molecular weight excluding hydrogens is 415 g/mol. The number of amides is 1. The standard InChI is InChI=1S/C22H21FN6O3/c1-24-19-15-20(28-14(27-19)8-5-11-3-6-12(23)7-4-11)29(10-26-15)16-13-9-22(13,21(32)25-2)18(31)17(16)30/h3-4,6-7,10,13,16-18,30-31H,9H2,1-2H3,(H,25,32)(H,24,27,28)/t13?,16-,17+,18+,22?/m1/s1. The highest BCUT2D eigenvalue weighted by Crippen LogP contribution is 2.67. The van der Waals surface area contributed by atoms with Crippen molar-refractivity contribution in [2.75, 3.05) is 19.4 Å². The van der Waals surface area contributed by atoms with E-state index in [1.165, 1.54) is 25.5 Å². The normalized spacial score (nSPS) is 28.0. The molecule has 2 fully saturated rings. The number of hydrogen-bond donors (Lipinski definition) is 4. The average molecular weight is 436 g/mol. The van der Waals surface area contributed by atoms with Crippen LogP contribution < -0.4 is 10.6 Å². The van der Waals surface area contributed by atoms with Gasteiger partial charge in [-0.3, -0.25) is 4.79 Å². The van der Waals surface area contributed by atoms with Crippen LogP contribution in [0.5, 0.6) is 0 Å². The summed E-state index contributed by atoms with van der Waals surface area (Å²) in [4.78, 5) is 25.7. The molecule has 2 aliphatic carbocycles. The van der Waals surface area contributed by atoms with Crippen molar-refractivity contribution < 1.29 is 19.4 Å². The molecule has 32 heavy (non-hydrogen) atoms. The van der Waals surface area contributed by atoms with Crippen LogP contribution >= 0.6 is 0 Å². The number of rotatable bonds is 3. The Morgan fingerprint density at radius 3 is 2.66 bits per heavy atom. The van der Waals surface area contributed by atoms with E-state index in [0.29, 0.717) is 29.0 Å². The maximum absolute atomic E-state index is 13.1. The van der Waals surface area contributed by atoms with Gasteiger partial charge < -0.3 is 25.4 Å². The number of nitrogens with one attached hydrogen (secondary N) is 2. The molecule has 2 unspecified atom stereocenters. The summed E-state index contributed by atoms with van der Waals surface area (Å²) in [6.45, 7) is 0.